The summed E-state index contributed by atoms with van der Waals surface area (Å²) in [4.78, 5) is 2.83. The van der Waals surface area contributed by atoms with Crippen LogP contribution in [0.15, 0.2) is 77.1 Å². The normalized spacial score (nSPS) is 9.76. The van der Waals surface area contributed by atoms with Crippen LogP contribution in [0.1, 0.15) is 18.1 Å². The third kappa shape index (κ3) is 4.55. The molecule has 0 saturated heterocycles. The van der Waals surface area contributed by atoms with Crippen molar-refractivity contribution in [3.8, 4) is 0 Å². The van der Waals surface area contributed by atoms with E-state index in [1.807, 2.05) is 73.7 Å². The summed E-state index contributed by atoms with van der Waals surface area (Å²) in [5, 5.41) is 3.66. The van der Waals surface area contributed by atoms with Crippen LogP contribution in [0.25, 0.3) is 22.6 Å². The van der Waals surface area contributed by atoms with E-state index >= 15 is 0 Å². The third-order valence-electron chi connectivity index (χ3n) is 2.87. The van der Waals surface area contributed by atoms with Crippen LogP contribution in [0.5, 0.6) is 0 Å². The molecule has 0 N–H and O–H groups in total. The van der Waals surface area contributed by atoms with Crippen molar-refractivity contribution in [2.24, 2.45) is 5.11 Å². The molecule has 0 aliphatic carbocycles. The fraction of sp³-hybridized carbons (Fsp3) is 0.0556. The number of azide groups is 1. The van der Waals surface area contributed by atoms with Gasteiger partial charge in [0.25, 0.3) is 0 Å². The maximum absolute atomic E-state index is 8.54. The van der Waals surface area contributed by atoms with Gasteiger partial charge in [-0.05, 0) is 35.2 Å². The number of nitrogens with zero attached hydrogens (tertiary/aromatic N) is 3. The zero-order valence-corrected chi connectivity index (χ0v) is 11.8. The van der Waals surface area contributed by atoms with Crippen molar-refractivity contribution in [3.05, 3.63) is 93.5 Å². The minimum atomic E-state index is 0.604. The lowest BCUT2D eigenvalue weighted by Gasteiger charge is -1.96. The summed E-state index contributed by atoms with van der Waals surface area (Å²) in [6, 6.07) is 17.5. The lowest BCUT2D eigenvalue weighted by atomic mass is 10.1. The zero-order chi connectivity index (χ0) is 14.9. The van der Waals surface area contributed by atoms with Gasteiger partial charge in [0.15, 0.2) is 0 Å². The molecule has 2 aromatic carbocycles. The van der Waals surface area contributed by atoms with Crippen molar-refractivity contribution in [2.45, 2.75) is 6.92 Å². The lowest BCUT2D eigenvalue weighted by Crippen LogP contribution is -1.72. The van der Waals surface area contributed by atoms with Crippen LogP contribution >= 0.6 is 0 Å². The molecule has 0 aliphatic rings. The Kier molecular flexibility index (Phi) is 5.19. The Bertz CT molecular complexity index is 745. The SMILES string of the molecule is CC(=C=Cc1ccccc1N=[N+]=[N-])/C=C\c1ccccc1. The number of hydrogen-bond acceptors (Lipinski definition) is 1. The topological polar surface area (TPSA) is 48.8 Å². The Labute approximate surface area is 124 Å². The predicted molar refractivity (Wildman–Crippen MR) is 87.9 cm³/mol. The van der Waals surface area contributed by atoms with Crippen molar-refractivity contribution in [1.29, 1.82) is 0 Å². The van der Waals surface area contributed by atoms with Gasteiger partial charge in [-0.2, -0.15) is 0 Å². The second-order valence-corrected chi connectivity index (χ2v) is 4.46. The highest BCUT2D eigenvalue weighted by molar-refractivity contribution is 5.64. The average molecular weight is 273 g/mol. The van der Waals surface area contributed by atoms with Gasteiger partial charge in [-0.15, -0.1) is 5.73 Å². The van der Waals surface area contributed by atoms with E-state index in [1.165, 1.54) is 0 Å². The number of hydrogen-bond donors (Lipinski definition) is 0. The molecule has 21 heavy (non-hydrogen) atoms. The molecule has 0 atom stereocenters. The molecule has 2 aromatic rings. The van der Waals surface area contributed by atoms with Crippen LogP contribution in [-0.2, 0) is 0 Å². The monoisotopic (exact) mass is 273 g/mol. The van der Waals surface area contributed by atoms with Crippen molar-refractivity contribution in [1.82, 2.24) is 0 Å². The smallest absolute Gasteiger partial charge is 0.0453 e. The molecular formula is C18H15N3. The molecule has 0 aliphatic heterocycles. The molecular weight excluding hydrogens is 258 g/mol. The van der Waals surface area contributed by atoms with Gasteiger partial charge in [0.05, 0.1) is 0 Å². The second kappa shape index (κ2) is 7.56. The first-order valence-electron chi connectivity index (χ1n) is 6.60. The molecule has 0 saturated carbocycles. The summed E-state index contributed by atoms with van der Waals surface area (Å²) in [5.74, 6) is 0. The van der Waals surface area contributed by atoms with Gasteiger partial charge < -0.3 is 0 Å². The summed E-state index contributed by atoms with van der Waals surface area (Å²) in [6.07, 6.45) is 5.87. The fourth-order valence-corrected chi connectivity index (χ4v) is 1.77. The predicted octanol–water partition coefficient (Wildman–Crippen LogP) is 5.90. The van der Waals surface area contributed by atoms with E-state index < -0.39 is 0 Å². The lowest BCUT2D eigenvalue weighted by molar-refractivity contribution is 1.46. The van der Waals surface area contributed by atoms with E-state index in [1.54, 1.807) is 6.07 Å². The van der Waals surface area contributed by atoms with Crippen LogP contribution in [0.3, 0.4) is 0 Å². The molecule has 0 aromatic heterocycles. The van der Waals surface area contributed by atoms with E-state index in [-0.39, 0.29) is 0 Å². The van der Waals surface area contributed by atoms with Gasteiger partial charge >= 0.3 is 0 Å². The Morgan fingerprint density at radius 2 is 1.81 bits per heavy atom. The third-order valence-corrected chi connectivity index (χ3v) is 2.87. The second-order valence-electron chi connectivity index (χ2n) is 4.46. The Hall–Kier alpha value is -2.99. The average Bonchev–Trinajstić information content (AvgIpc) is 2.53. The van der Waals surface area contributed by atoms with Gasteiger partial charge in [-0.3, -0.25) is 0 Å². The van der Waals surface area contributed by atoms with E-state index in [0.29, 0.717) is 5.69 Å². The summed E-state index contributed by atoms with van der Waals surface area (Å²) in [7, 11) is 0. The number of allylic oxidation sites excluding steroid dienone is 2. The highest BCUT2D eigenvalue weighted by atomic mass is 15.1. The summed E-state index contributed by atoms with van der Waals surface area (Å²) >= 11 is 0. The van der Waals surface area contributed by atoms with Crippen LogP contribution in [0.2, 0.25) is 0 Å². The first-order chi connectivity index (χ1) is 10.3. The van der Waals surface area contributed by atoms with Crippen molar-refractivity contribution in [2.75, 3.05) is 0 Å². The van der Waals surface area contributed by atoms with Crippen LogP contribution in [0.4, 0.5) is 5.69 Å². The highest BCUT2D eigenvalue weighted by Gasteiger charge is 1.93. The minimum absolute atomic E-state index is 0.604. The molecule has 0 heterocycles. The first kappa shape index (κ1) is 14.4. The summed E-state index contributed by atoms with van der Waals surface area (Å²) in [6.45, 7) is 1.98. The standard InChI is InChI=1S/C18H15N3/c1-15(11-13-16-7-3-2-4-8-16)12-14-17-9-5-6-10-18(17)20-21-19/h2-11,13-14H,1H3/b13-11-. The molecule has 3 nitrogen and oxygen atoms in total. The van der Waals surface area contributed by atoms with Gasteiger partial charge in [-0.1, -0.05) is 71.9 Å². The molecule has 0 amide bonds. The molecule has 0 spiro atoms. The van der Waals surface area contributed by atoms with Crippen molar-refractivity contribution >= 4 is 17.8 Å². The van der Waals surface area contributed by atoms with E-state index in [4.69, 9.17) is 5.53 Å². The molecule has 0 fully saturated rings. The van der Waals surface area contributed by atoms with Crippen LogP contribution < -0.4 is 0 Å². The zero-order valence-electron chi connectivity index (χ0n) is 11.8. The molecule has 0 bridgehead atoms. The summed E-state index contributed by atoms with van der Waals surface area (Å²) < 4.78 is 0. The number of rotatable bonds is 4. The van der Waals surface area contributed by atoms with E-state index in [9.17, 15) is 0 Å². The Morgan fingerprint density at radius 1 is 1.10 bits per heavy atom. The maximum atomic E-state index is 8.54. The summed E-state index contributed by atoms with van der Waals surface area (Å²) in [5.41, 5.74) is 15.3. The van der Waals surface area contributed by atoms with Crippen molar-refractivity contribution in [3.63, 3.8) is 0 Å². The molecule has 2 rings (SSSR count). The Balaban J connectivity index is 2.23. The van der Waals surface area contributed by atoms with E-state index in [2.05, 4.69) is 15.8 Å². The largest absolute Gasteiger partial charge is 0.117 e. The Morgan fingerprint density at radius 3 is 2.57 bits per heavy atom. The molecule has 102 valence electrons. The molecule has 0 unspecified atom stereocenters. The van der Waals surface area contributed by atoms with Gasteiger partial charge in [0, 0.05) is 10.6 Å². The first-order valence-corrected chi connectivity index (χ1v) is 6.60. The highest BCUT2D eigenvalue weighted by Crippen LogP contribution is 2.20. The van der Waals surface area contributed by atoms with Gasteiger partial charge in [0.1, 0.15) is 0 Å². The molecule has 0 radical (unpaired) electrons. The van der Waals surface area contributed by atoms with E-state index in [0.717, 1.165) is 16.7 Å². The number of benzene rings is 2. The van der Waals surface area contributed by atoms with Crippen LogP contribution in [-0.4, -0.2) is 0 Å². The van der Waals surface area contributed by atoms with Gasteiger partial charge in [0.2, 0.25) is 0 Å². The molecule has 3 heteroatoms. The van der Waals surface area contributed by atoms with Crippen molar-refractivity contribution < 1.29 is 0 Å². The maximum Gasteiger partial charge on any atom is 0.0453 e. The van der Waals surface area contributed by atoms with Crippen LogP contribution in [0, 0.1) is 0 Å². The fourth-order valence-electron chi connectivity index (χ4n) is 1.77. The quantitative estimate of drug-likeness (QED) is 0.219. The van der Waals surface area contributed by atoms with Gasteiger partial charge in [-0.25, -0.2) is 0 Å². The minimum Gasteiger partial charge on any atom is -0.117 e.